The Morgan fingerprint density at radius 2 is 1.33 bits per heavy atom. The highest BCUT2D eigenvalue weighted by molar-refractivity contribution is 5.94. The molecule has 0 radical (unpaired) electrons. The van der Waals surface area contributed by atoms with Crippen LogP contribution in [-0.2, 0) is 24.0 Å². The van der Waals surface area contributed by atoms with Gasteiger partial charge in [0, 0.05) is 0 Å². The van der Waals surface area contributed by atoms with Gasteiger partial charge in [-0.05, 0) is 25.8 Å². The number of unbranched alkanes of at least 4 members (excludes halogenated alkanes) is 1. The molecule has 0 aromatic heterocycles. The zero-order valence-corrected chi connectivity index (χ0v) is 16.4. The van der Waals surface area contributed by atoms with Gasteiger partial charge in [-0.3, -0.25) is 19.2 Å². The van der Waals surface area contributed by atoms with Gasteiger partial charge in [-0.15, -0.1) is 0 Å². The van der Waals surface area contributed by atoms with Gasteiger partial charge in [0.1, 0.15) is 24.2 Å². The first-order chi connectivity index (χ1) is 14.1. The number of carbonyl (C=O) groups excluding carboxylic acids is 4. The van der Waals surface area contributed by atoms with Crippen molar-refractivity contribution >= 4 is 29.6 Å². The van der Waals surface area contributed by atoms with Gasteiger partial charge in [-0.2, -0.15) is 0 Å². The maximum Gasteiger partial charge on any atom is 0.326 e. The molecule has 172 valence electrons. The SMILES string of the molecule is NCCCCC(NC(=O)C(N)CO)C(=O)NC(CO)C(=O)NC(CC(N)=O)C(=O)O. The molecule has 0 spiro atoms. The highest BCUT2D eigenvalue weighted by Gasteiger charge is 2.30. The molecule has 4 unspecified atom stereocenters. The predicted molar refractivity (Wildman–Crippen MR) is 102 cm³/mol. The van der Waals surface area contributed by atoms with Crippen molar-refractivity contribution in [1.82, 2.24) is 16.0 Å². The van der Waals surface area contributed by atoms with Crippen LogP contribution in [0.15, 0.2) is 0 Å². The van der Waals surface area contributed by atoms with E-state index in [-0.39, 0.29) is 6.42 Å². The van der Waals surface area contributed by atoms with E-state index in [0.29, 0.717) is 19.4 Å². The highest BCUT2D eigenvalue weighted by Crippen LogP contribution is 2.03. The molecule has 0 saturated heterocycles. The lowest BCUT2D eigenvalue weighted by atomic mass is 10.1. The summed E-state index contributed by atoms with van der Waals surface area (Å²) in [5.74, 6) is -5.23. The van der Waals surface area contributed by atoms with Gasteiger partial charge in [-0.25, -0.2) is 4.79 Å². The maximum absolute atomic E-state index is 12.5. The number of rotatable bonds is 15. The lowest BCUT2D eigenvalue weighted by Crippen LogP contribution is -2.58. The van der Waals surface area contributed by atoms with Crippen molar-refractivity contribution in [2.24, 2.45) is 17.2 Å². The van der Waals surface area contributed by atoms with Gasteiger partial charge >= 0.3 is 5.97 Å². The van der Waals surface area contributed by atoms with E-state index >= 15 is 0 Å². The second kappa shape index (κ2) is 14.2. The van der Waals surface area contributed by atoms with Gasteiger partial charge in [0.15, 0.2) is 0 Å². The summed E-state index contributed by atoms with van der Waals surface area (Å²) in [4.78, 5) is 58.6. The molecule has 30 heavy (non-hydrogen) atoms. The molecule has 0 aromatic rings. The van der Waals surface area contributed by atoms with E-state index in [2.05, 4.69) is 10.6 Å². The Labute approximate surface area is 172 Å². The number of carboxylic acid groups (broad SMARTS) is 1. The average Bonchev–Trinajstić information content (AvgIpc) is 2.69. The van der Waals surface area contributed by atoms with E-state index in [1.807, 2.05) is 5.32 Å². The molecule has 0 bridgehead atoms. The normalized spacial score (nSPS) is 14.7. The molecule has 0 saturated carbocycles. The van der Waals surface area contributed by atoms with Crippen molar-refractivity contribution in [3.8, 4) is 0 Å². The van der Waals surface area contributed by atoms with E-state index < -0.39 is 73.4 Å². The molecule has 0 aliphatic heterocycles. The number of aliphatic hydroxyl groups excluding tert-OH is 2. The second-order valence-electron chi connectivity index (χ2n) is 6.45. The first kappa shape index (κ1) is 27.2. The van der Waals surface area contributed by atoms with Crippen LogP contribution in [0.5, 0.6) is 0 Å². The van der Waals surface area contributed by atoms with E-state index in [1.54, 1.807) is 0 Å². The molecular formula is C16H30N6O8. The molecule has 0 aliphatic carbocycles. The van der Waals surface area contributed by atoms with Crippen molar-refractivity contribution in [2.75, 3.05) is 19.8 Å². The Kier molecular flexibility index (Phi) is 12.9. The maximum atomic E-state index is 12.5. The van der Waals surface area contributed by atoms with E-state index in [9.17, 15) is 29.1 Å². The second-order valence-corrected chi connectivity index (χ2v) is 6.45. The van der Waals surface area contributed by atoms with E-state index in [4.69, 9.17) is 27.4 Å². The fraction of sp³-hybridized carbons (Fsp3) is 0.688. The van der Waals surface area contributed by atoms with Crippen molar-refractivity contribution in [1.29, 1.82) is 0 Å². The fourth-order valence-electron chi connectivity index (χ4n) is 2.26. The summed E-state index contributed by atoms with van der Waals surface area (Å²) < 4.78 is 0. The predicted octanol–water partition coefficient (Wildman–Crippen LogP) is -5.16. The molecular weight excluding hydrogens is 404 g/mol. The van der Waals surface area contributed by atoms with Crippen molar-refractivity contribution in [3.63, 3.8) is 0 Å². The van der Waals surface area contributed by atoms with E-state index in [0.717, 1.165) is 0 Å². The molecule has 0 fully saturated rings. The topological polar surface area (TPSA) is 260 Å². The highest BCUT2D eigenvalue weighted by atomic mass is 16.4. The molecule has 12 N–H and O–H groups in total. The molecule has 0 aromatic carbocycles. The summed E-state index contributed by atoms with van der Waals surface area (Å²) in [5, 5.41) is 33.9. The van der Waals surface area contributed by atoms with Crippen molar-refractivity contribution in [2.45, 2.75) is 49.9 Å². The lowest BCUT2D eigenvalue weighted by Gasteiger charge is -2.24. The minimum Gasteiger partial charge on any atom is -0.480 e. The Bertz CT molecular complexity index is 617. The number of primary amides is 1. The summed E-state index contributed by atoms with van der Waals surface area (Å²) >= 11 is 0. The number of amides is 4. The number of aliphatic carboxylic acids is 1. The zero-order valence-electron chi connectivity index (χ0n) is 16.4. The third-order valence-corrected chi connectivity index (χ3v) is 3.95. The number of aliphatic hydroxyl groups is 2. The van der Waals surface area contributed by atoms with Crippen LogP contribution < -0.4 is 33.2 Å². The first-order valence-corrected chi connectivity index (χ1v) is 9.16. The van der Waals surface area contributed by atoms with Gasteiger partial charge in [-0.1, -0.05) is 0 Å². The number of hydrogen-bond acceptors (Lipinski definition) is 9. The monoisotopic (exact) mass is 434 g/mol. The fourth-order valence-corrected chi connectivity index (χ4v) is 2.26. The van der Waals surface area contributed by atoms with Gasteiger partial charge in [0.05, 0.1) is 19.6 Å². The van der Waals surface area contributed by atoms with Gasteiger partial charge in [0.25, 0.3) is 0 Å². The van der Waals surface area contributed by atoms with E-state index in [1.165, 1.54) is 0 Å². The van der Waals surface area contributed by atoms with Crippen LogP contribution in [0.1, 0.15) is 25.7 Å². The molecule has 0 aliphatic rings. The average molecular weight is 434 g/mol. The third kappa shape index (κ3) is 10.1. The minimum atomic E-state index is -1.65. The summed E-state index contributed by atoms with van der Waals surface area (Å²) in [5.41, 5.74) is 15.7. The van der Waals surface area contributed by atoms with Crippen LogP contribution in [0, 0.1) is 0 Å². The number of nitrogens with one attached hydrogen (secondary N) is 3. The number of carboxylic acids is 1. The van der Waals surface area contributed by atoms with Gasteiger partial charge < -0.3 is 48.5 Å². The molecule has 4 atom stereocenters. The van der Waals surface area contributed by atoms with Gasteiger partial charge in [0.2, 0.25) is 23.6 Å². The van der Waals surface area contributed by atoms with Crippen molar-refractivity contribution in [3.05, 3.63) is 0 Å². The molecule has 14 nitrogen and oxygen atoms in total. The number of nitrogens with two attached hydrogens (primary N) is 3. The smallest absolute Gasteiger partial charge is 0.326 e. The van der Waals surface area contributed by atoms with Crippen LogP contribution in [0.3, 0.4) is 0 Å². The molecule has 0 rings (SSSR count). The van der Waals surface area contributed by atoms with Crippen LogP contribution in [-0.4, -0.2) is 88.8 Å². The molecule has 4 amide bonds. The van der Waals surface area contributed by atoms with Crippen molar-refractivity contribution < 1.29 is 39.3 Å². The van der Waals surface area contributed by atoms with Crippen LogP contribution in [0.25, 0.3) is 0 Å². The third-order valence-electron chi connectivity index (χ3n) is 3.95. The van der Waals surface area contributed by atoms with Crippen LogP contribution in [0.4, 0.5) is 0 Å². The first-order valence-electron chi connectivity index (χ1n) is 9.16. The summed E-state index contributed by atoms with van der Waals surface area (Å²) in [6, 6.07) is -5.63. The summed E-state index contributed by atoms with van der Waals surface area (Å²) in [6.07, 6.45) is 0.429. The van der Waals surface area contributed by atoms with Crippen LogP contribution in [0.2, 0.25) is 0 Å². The van der Waals surface area contributed by atoms with Crippen LogP contribution >= 0.6 is 0 Å². The Hall–Kier alpha value is -2.81. The number of hydrogen-bond donors (Lipinski definition) is 9. The Morgan fingerprint density at radius 1 is 0.800 bits per heavy atom. The number of carbonyl (C=O) groups is 5. The minimum absolute atomic E-state index is 0.131. The quantitative estimate of drug-likeness (QED) is 0.111. The largest absolute Gasteiger partial charge is 0.480 e. The Morgan fingerprint density at radius 3 is 1.80 bits per heavy atom. The zero-order chi connectivity index (χ0) is 23.3. The summed E-state index contributed by atoms with van der Waals surface area (Å²) in [7, 11) is 0. The Balaban J connectivity index is 5.19. The lowest BCUT2D eigenvalue weighted by molar-refractivity contribution is -0.144. The standard InChI is InChI=1S/C16H30N6O8/c17-4-2-1-3-9(20-13(26)8(18)6-23)14(27)22-11(7-24)15(28)21-10(16(29)30)5-12(19)25/h8-11,23-24H,1-7,17-18H2,(H2,19,25)(H,20,26)(H,21,28)(H,22,27)(H,29,30). The molecule has 0 heterocycles. The molecule has 14 heteroatoms. The summed E-state index contributed by atoms with van der Waals surface area (Å²) in [6.45, 7) is -1.20.